The number of nitrogens with one attached hydrogen (secondary N) is 1. The summed E-state index contributed by atoms with van der Waals surface area (Å²) < 4.78 is 6.28. The van der Waals surface area contributed by atoms with Crippen LogP contribution in [0, 0.1) is 6.92 Å². The van der Waals surface area contributed by atoms with Gasteiger partial charge in [0, 0.05) is 37.5 Å². The Kier molecular flexibility index (Phi) is 4.52. The van der Waals surface area contributed by atoms with E-state index in [-0.39, 0.29) is 5.78 Å². The van der Waals surface area contributed by atoms with Crippen molar-refractivity contribution in [1.29, 1.82) is 0 Å². The predicted octanol–water partition coefficient (Wildman–Crippen LogP) is 3.34. The van der Waals surface area contributed by atoms with Crippen LogP contribution >= 0.6 is 23.8 Å². The summed E-state index contributed by atoms with van der Waals surface area (Å²) in [5, 5.41) is 4.58. The molecular weight excluding hydrogens is 332 g/mol. The number of likely N-dealkylation sites (tertiary alicyclic amines) is 1. The molecular formula is C17H21ClN2O2S. The first kappa shape index (κ1) is 16.5. The third-order valence-corrected chi connectivity index (χ3v) is 5.47. The number of rotatable bonds is 1. The van der Waals surface area contributed by atoms with E-state index in [0.29, 0.717) is 22.8 Å². The Hall–Kier alpha value is -1.33. The number of hydrogen-bond acceptors (Lipinski definition) is 3. The lowest BCUT2D eigenvalue weighted by Gasteiger charge is -2.44. The molecule has 2 aliphatic heterocycles. The summed E-state index contributed by atoms with van der Waals surface area (Å²) in [5.41, 5.74) is 1.14. The monoisotopic (exact) mass is 352 g/mol. The molecule has 23 heavy (non-hydrogen) atoms. The lowest BCUT2D eigenvalue weighted by molar-refractivity contribution is 0.00359. The van der Waals surface area contributed by atoms with E-state index in [2.05, 4.69) is 10.2 Å². The molecule has 0 aliphatic carbocycles. The van der Waals surface area contributed by atoms with Crippen molar-refractivity contribution in [3.63, 3.8) is 0 Å². The van der Waals surface area contributed by atoms with Gasteiger partial charge in [0.05, 0.1) is 12.0 Å². The number of ketones is 1. The maximum absolute atomic E-state index is 12.5. The Labute approximate surface area is 147 Å². The number of carbonyl (C=O) groups excluding carboxylic acids is 1. The van der Waals surface area contributed by atoms with Crippen molar-refractivity contribution >= 4 is 34.7 Å². The fraction of sp³-hybridized carbons (Fsp3) is 0.529. The largest absolute Gasteiger partial charge is 0.486 e. The lowest BCUT2D eigenvalue weighted by Crippen LogP contribution is -2.54. The van der Waals surface area contributed by atoms with Gasteiger partial charge < -0.3 is 15.0 Å². The van der Waals surface area contributed by atoms with Crippen LogP contribution in [-0.4, -0.2) is 41.0 Å². The number of hydrogen-bond donors (Lipinski definition) is 1. The predicted molar refractivity (Wildman–Crippen MR) is 95.6 cm³/mol. The third kappa shape index (κ3) is 3.17. The zero-order chi connectivity index (χ0) is 16.6. The molecule has 0 saturated carbocycles. The molecule has 124 valence electrons. The number of fused-ring (bicyclic) bond motifs is 1. The average Bonchev–Trinajstić information content (AvgIpc) is 2.50. The molecule has 1 N–H and O–H groups in total. The van der Waals surface area contributed by atoms with Gasteiger partial charge in [0.25, 0.3) is 0 Å². The maximum atomic E-state index is 12.5. The highest BCUT2D eigenvalue weighted by molar-refractivity contribution is 7.80. The Bertz CT molecular complexity index is 654. The van der Waals surface area contributed by atoms with Crippen molar-refractivity contribution in [2.75, 3.05) is 19.6 Å². The summed E-state index contributed by atoms with van der Waals surface area (Å²) in [7, 11) is 0. The number of carbonyl (C=O) groups is 1. The van der Waals surface area contributed by atoms with Crippen LogP contribution in [0.4, 0.5) is 0 Å². The zero-order valence-corrected chi connectivity index (χ0v) is 15.0. The van der Waals surface area contributed by atoms with Crippen LogP contribution in [0.5, 0.6) is 5.75 Å². The molecule has 1 aromatic rings. The molecule has 2 aliphatic rings. The molecule has 1 aromatic carbocycles. The van der Waals surface area contributed by atoms with Gasteiger partial charge in [0.15, 0.2) is 10.9 Å². The highest BCUT2D eigenvalue weighted by Gasteiger charge is 2.43. The summed E-state index contributed by atoms with van der Waals surface area (Å²) >= 11 is 11.5. The second-order valence-corrected chi connectivity index (χ2v) is 7.10. The van der Waals surface area contributed by atoms with Crippen LogP contribution in [-0.2, 0) is 0 Å². The number of thiocarbonyl (C=S) groups is 1. The van der Waals surface area contributed by atoms with E-state index >= 15 is 0 Å². The molecule has 1 spiro atoms. The second kappa shape index (κ2) is 6.29. The number of piperidine rings is 1. The van der Waals surface area contributed by atoms with E-state index in [1.54, 1.807) is 6.07 Å². The van der Waals surface area contributed by atoms with Gasteiger partial charge in [-0.15, -0.1) is 0 Å². The Morgan fingerprint density at radius 3 is 2.78 bits per heavy atom. The molecule has 0 bridgehead atoms. The molecule has 3 rings (SSSR count). The van der Waals surface area contributed by atoms with Gasteiger partial charge in [-0.1, -0.05) is 11.6 Å². The van der Waals surface area contributed by atoms with Crippen LogP contribution in [0.25, 0.3) is 0 Å². The smallest absolute Gasteiger partial charge is 0.170 e. The molecule has 0 atom stereocenters. The van der Waals surface area contributed by atoms with E-state index < -0.39 is 5.60 Å². The van der Waals surface area contributed by atoms with E-state index in [1.165, 1.54) is 0 Å². The number of aryl methyl sites for hydroxylation is 1. The van der Waals surface area contributed by atoms with Crippen molar-refractivity contribution in [3.8, 4) is 5.75 Å². The second-order valence-electron chi connectivity index (χ2n) is 6.31. The first-order valence-corrected chi connectivity index (χ1v) is 8.78. The van der Waals surface area contributed by atoms with Gasteiger partial charge in [-0.2, -0.15) is 0 Å². The Morgan fingerprint density at radius 2 is 2.13 bits per heavy atom. The summed E-state index contributed by atoms with van der Waals surface area (Å²) in [4.78, 5) is 14.7. The van der Waals surface area contributed by atoms with Crippen LogP contribution in [0.15, 0.2) is 12.1 Å². The number of nitrogens with zero attached hydrogens (tertiary/aromatic N) is 1. The molecule has 1 fully saturated rings. The summed E-state index contributed by atoms with van der Waals surface area (Å²) in [5.74, 6) is 0.793. The van der Waals surface area contributed by atoms with Crippen LogP contribution < -0.4 is 10.1 Å². The highest BCUT2D eigenvalue weighted by Crippen LogP contribution is 2.41. The Morgan fingerprint density at radius 1 is 1.43 bits per heavy atom. The summed E-state index contributed by atoms with van der Waals surface area (Å²) in [6.45, 7) is 6.39. The van der Waals surface area contributed by atoms with Gasteiger partial charge in [0.2, 0.25) is 0 Å². The fourth-order valence-electron chi connectivity index (χ4n) is 3.27. The van der Waals surface area contributed by atoms with E-state index in [1.807, 2.05) is 19.9 Å². The van der Waals surface area contributed by atoms with Gasteiger partial charge in [-0.05, 0) is 43.8 Å². The molecule has 0 aromatic heterocycles. The van der Waals surface area contributed by atoms with Gasteiger partial charge in [-0.3, -0.25) is 4.79 Å². The van der Waals surface area contributed by atoms with Crippen molar-refractivity contribution in [2.45, 2.75) is 38.7 Å². The fourth-order valence-corrected chi connectivity index (χ4v) is 3.76. The molecule has 4 nitrogen and oxygen atoms in total. The topological polar surface area (TPSA) is 41.6 Å². The minimum atomic E-state index is -0.400. The molecule has 6 heteroatoms. The summed E-state index contributed by atoms with van der Waals surface area (Å²) in [6, 6.07) is 3.61. The SMILES string of the molecule is CCNC(=S)N1CCC2(CC1)CC(=O)c1cc(Cl)c(C)cc1O2. The quantitative estimate of drug-likeness (QED) is 0.785. The molecule has 0 unspecified atom stereocenters. The van der Waals surface area contributed by atoms with Crippen molar-refractivity contribution < 1.29 is 9.53 Å². The number of Topliss-reactive ketones (excluding diaryl/α,β-unsaturated/α-hetero) is 1. The van der Waals surface area contributed by atoms with Crippen LogP contribution in [0.3, 0.4) is 0 Å². The van der Waals surface area contributed by atoms with Crippen molar-refractivity contribution in [3.05, 3.63) is 28.3 Å². The highest BCUT2D eigenvalue weighted by atomic mass is 35.5. The molecule has 2 heterocycles. The van der Waals surface area contributed by atoms with E-state index in [0.717, 1.165) is 43.2 Å². The average molecular weight is 353 g/mol. The minimum absolute atomic E-state index is 0.121. The number of halogens is 1. The number of ether oxygens (including phenoxy) is 1. The standard InChI is InChI=1S/C17H21ClN2O2S/c1-3-19-16(23)20-6-4-17(5-7-20)10-14(21)12-9-13(18)11(2)8-15(12)22-17/h8-9H,3-7,10H2,1-2H3,(H,19,23). The Balaban J connectivity index is 1.77. The van der Waals surface area contributed by atoms with Crippen molar-refractivity contribution in [1.82, 2.24) is 10.2 Å². The zero-order valence-electron chi connectivity index (χ0n) is 13.4. The molecule has 0 amide bonds. The van der Waals surface area contributed by atoms with Crippen LogP contribution in [0.2, 0.25) is 5.02 Å². The molecule has 0 radical (unpaired) electrons. The van der Waals surface area contributed by atoms with E-state index in [9.17, 15) is 4.79 Å². The lowest BCUT2D eigenvalue weighted by atomic mass is 9.82. The number of benzene rings is 1. The normalized spacial score (nSPS) is 19.3. The maximum Gasteiger partial charge on any atom is 0.170 e. The van der Waals surface area contributed by atoms with Crippen LogP contribution in [0.1, 0.15) is 42.1 Å². The van der Waals surface area contributed by atoms with E-state index in [4.69, 9.17) is 28.6 Å². The molecule has 1 saturated heterocycles. The van der Waals surface area contributed by atoms with Gasteiger partial charge >= 0.3 is 0 Å². The first-order chi connectivity index (χ1) is 10.9. The van der Waals surface area contributed by atoms with Crippen molar-refractivity contribution in [2.24, 2.45) is 0 Å². The first-order valence-electron chi connectivity index (χ1n) is 7.99. The summed E-state index contributed by atoms with van der Waals surface area (Å²) in [6.07, 6.45) is 2.01. The third-order valence-electron chi connectivity index (χ3n) is 4.66. The van der Waals surface area contributed by atoms with Gasteiger partial charge in [-0.25, -0.2) is 0 Å². The van der Waals surface area contributed by atoms with Gasteiger partial charge in [0.1, 0.15) is 11.4 Å². The minimum Gasteiger partial charge on any atom is -0.486 e.